The Labute approximate surface area is 163 Å². The van der Waals surface area contributed by atoms with Crippen LogP contribution >= 0.6 is 0 Å². The summed E-state index contributed by atoms with van der Waals surface area (Å²) in [5.41, 5.74) is -0.315. The van der Waals surface area contributed by atoms with Crippen LogP contribution in [0.2, 0.25) is 0 Å². The van der Waals surface area contributed by atoms with Crippen molar-refractivity contribution in [2.75, 3.05) is 39.8 Å². The number of nitrogens with zero attached hydrogens (tertiary/aromatic N) is 3. The van der Waals surface area contributed by atoms with Crippen LogP contribution in [0.4, 0.5) is 13.2 Å². The van der Waals surface area contributed by atoms with Gasteiger partial charge in [-0.25, -0.2) is 0 Å². The first-order valence-electron chi connectivity index (χ1n) is 9.65. The zero-order valence-corrected chi connectivity index (χ0v) is 16.0. The number of halogens is 3. The molecule has 1 unspecified atom stereocenters. The first-order chi connectivity index (χ1) is 13.2. The smallest absolute Gasteiger partial charge is 0.344 e. The Morgan fingerprint density at radius 2 is 1.96 bits per heavy atom. The normalized spacial score (nSPS) is 20.8. The van der Waals surface area contributed by atoms with Gasteiger partial charge in [-0.1, -0.05) is 12.1 Å². The SMILES string of the molecule is CN(CCN1CCCC1)C(=O)C1CC(=O)N(Cc2cccc(C(F)(F)F)c2)C1. The van der Waals surface area contributed by atoms with Crippen molar-refractivity contribution >= 4 is 11.8 Å². The van der Waals surface area contributed by atoms with Gasteiger partial charge in [0.15, 0.2) is 0 Å². The molecule has 1 atom stereocenters. The zero-order chi connectivity index (χ0) is 20.3. The lowest BCUT2D eigenvalue weighted by molar-refractivity contribution is -0.137. The van der Waals surface area contributed by atoms with Crippen molar-refractivity contribution in [2.45, 2.75) is 32.0 Å². The van der Waals surface area contributed by atoms with Gasteiger partial charge in [0.25, 0.3) is 0 Å². The van der Waals surface area contributed by atoms with Crippen LogP contribution in [0.1, 0.15) is 30.4 Å². The second-order valence-electron chi connectivity index (χ2n) is 7.68. The zero-order valence-electron chi connectivity index (χ0n) is 16.0. The maximum atomic E-state index is 12.9. The van der Waals surface area contributed by atoms with Gasteiger partial charge in [-0.2, -0.15) is 13.2 Å². The fraction of sp³-hybridized carbons (Fsp3) is 0.600. The molecule has 0 bridgehead atoms. The molecule has 8 heteroatoms. The molecule has 0 N–H and O–H groups in total. The summed E-state index contributed by atoms with van der Waals surface area (Å²) in [5, 5.41) is 0. The van der Waals surface area contributed by atoms with E-state index in [1.165, 1.54) is 23.8 Å². The predicted molar refractivity (Wildman–Crippen MR) is 98.3 cm³/mol. The molecule has 2 heterocycles. The summed E-state index contributed by atoms with van der Waals surface area (Å²) in [6, 6.07) is 4.98. The van der Waals surface area contributed by atoms with E-state index in [0.717, 1.165) is 31.8 Å². The van der Waals surface area contributed by atoms with Crippen LogP contribution < -0.4 is 0 Å². The molecule has 2 aliphatic heterocycles. The van der Waals surface area contributed by atoms with Crippen molar-refractivity contribution in [1.82, 2.24) is 14.7 Å². The van der Waals surface area contributed by atoms with Crippen molar-refractivity contribution in [3.05, 3.63) is 35.4 Å². The number of rotatable bonds is 6. The predicted octanol–water partition coefficient (Wildman–Crippen LogP) is 2.61. The number of amides is 2. The lowest BCUT2D eigenvalue weighted by Gasteiger charge is -2.24. The van der Waals surface area contributed by atoms with Gasteiger partial charge in [0.05, 0.1) is 11.5 Å². The summed E-state index contributed by atoms with van der Waals surface area (Å²) in [5.74, 6) is -0.690. The minimum atomic E-state index is -4.42. The number of hydrogen-bond donors (Lipinski definition) is 0. The summed E-state index contributed by atoms with van der Waals surface area (Å²) >= 11 is 0. The topological polar surface area (TPSA) is 43.9 Å². The quantitative estimate of drug-likeness (QED) is 0.741. The monoisotopic (exact) mass is 397 g/mol. The Hall–Kier alpha value is -2.09. The van der Waals surface area contributed by atoms with Crippen LogP contribution in [0.3, 0.4) is 0 Å². The summed E-state index contributed by atoms with van der Waals surface area (Å²) in [4.78, 5) is 30.4. The van der Waals surface area contributed by atoms with Crippen LogP contribution in [-0.4, -0.2) is 66.3 Å². The molecule has 3 rings (SSSR count). The molecule has 154 valence electrons. The van der Waals surface area contributed by atoms with E-state index in [4.69, 9.17) is 0 Å². The number of benzene rings is 1. The molecule has 0 spiro atoms. The summed E-state index contributed by atoms with van der Waals surface area (Å²) < 4.78 is 38.6. The number of carbonyl (C=O) groups is 2. The highest BCUT2D eigenvalue weighted by atomic mass is 19.4. The molecule has 2 fully saturated rings. The van der Waals surface area contributed by atoms with Crippen LogP contribution in [-0.2, 0) is 22.3 Å². The standard InChI is InChI=1S/C20H26F3N3O2/c1-24(9-10-25-7-2-3-8-25)19(28)16-12-18(27)26(14-16)13-15-5-4-6-17(11-15)20(21,22)23/h4-6,11,16H,2-3,7-10,12-14H2,1H3. The van der Waals surface area contributed by atoms with E-state index in [1.54, 1.807) is 18.0 Å². The molecule has 0 aliphatic carbocycles. The fourth-order valence-corrected chi connectivity index (χ4v) is 3.88. The van der Waals surface area contributed by atoms with E-state index in [-0.39, 0.29) is 31.3 Å². The molecule has 5 nitrogen and oxygen atoms in total. The molecule has 28 heavy (non-hydrogen) atoms. The van der Waals surface area contributed by atoms with Crippen LogP contribution in [0.5, 0.6) is 0 Å². The van der Waals surface area contributed by atoms with Gasteiger partial charge < -0.3 is 14.7 Å². The average molecular weight is 397 g/mol. The Morgan fingerprint density at radius 1 is 1.25 bits per heavy atom. The lowest BCUT2D eigenvalue weighted by atomic mass is 10.1. The summed E-state index contributed by atoms with van der Waals surface area (Å²) in [7, 11) is 1.75. The van der Waals surface area contributed by atoms with Crippen LogP contribution in [0, 0.1) is 5.92 Å². The van der Waals surface area contributed by atoms with Gasteiger partial charge in [0.1, 0.15) is 0 Å². The molecule has 2 saturated heterocycles. The van der Waals surface area contributed by atoms with E-state index >= 15 is 0 Å². The molecular formula is C20H26F3N3O2. The van der Waals surface area contributed by atoms with E-state index in [9.17, 15) is 22.8 Å². The molecule has 2 aliphatic rings. The van der Waals surface area contributed by atoms with Gasteiger partial charge in [-0.3, -0.25) is 9.59 Å². The van der Waals surface area contributed by atoms with Crippen molar-refractivity contribution in [1.29, 1.82) is 0 Å². The minimum absolute atomic E-state index is 0.0703. The molecule has 1 aromatic rings. The largest absolute Gasteiger partial charge is 0.416 e. The van der Waals surface area contributed by atoms with E-state index in [1.807, 2.05) is 0 Å². The second-order valence-corrected chi connectivity index (χ2v) is 7.68. The third-order valence-corrected chi connectivity index (χ3v) is 5.52. The van der Waals surface area contributed by atoms with E-state index < -0.39 is 17.7 Å². The maximum absolute atomic E-state index is 12.9. The fourth-order valence-electron chi connectivity index (χ4n) is 3.88. The average Bonchev–Trinajstić information content (AvgIpc) is 3.29. The van der Waals surface area contributed by atoms with Gasteiger partial charge >= 0.3 is 6.18 Å². The number of likely N-dealkylation sites (N-methyl/N-ethyl adjacent to an activating group) is 1. The Morgan fingerprint density at radius 3 is 2.64 bits per heavy atom. The molecular weight excluding hydrogens is 371 g/mol. The number of likely N-dealkylation sites (tertiary alicyclic amines) is 2. The van der Waals surface area contributed by atoms with Gasteiger partial charge in [0.2, 0.25) is 11.8 Å². The highest BCUT2D eigenvalue weighted by molar-refractivity contribution is 5.89. The third-order valence-electron chi connectivity index (χ3n) is 5.52. The highest BCUT2D eigenvalue weighted by Crippen LogP contribution is 2.30. The van der Waals surface area contributed by atoms with Gasteiger partial charge in [0, 0.05) is 39.6 Å². The second kappa shape index (κ2) is 8.51. The first kappa shape index (κ1) is 20.6. The molecule has 1 aromatic carbocycles. The van der Waals surface area contributed by atoms with Crippen LogP contribution in [0.25, 0.3) is 0 Å². The highest BCUT2D eigenvalue weighted by Gasteiger charge is 2.36. The Bertz CT molecular complexity index is 717. The van der Waals surface area contributed by atoms with Crippen molar-refractivity contribution < 1.29 is 22.8 Å². The summed E-state index contributed by atoms with van der Waals surface area (Å²) in [6.45, 7) is 3.92. The van der Waals surface area contributed by atoms with Crippen molar-refractivity contribution in [3.8, 4) is 0 Å². The molecule has 0 aromatic heterocycles. The number of hydrogen-bond acceptors (Lipinski definition) is 3. The molecule has 0 radical (unpaired) electrons. The summed E-state index contributed by atoms with van der Waals surface area (Å²) in [6.07, 6.45) is -1.91. The molecule has 0 saturated carbocycles. The lowest BCUT2D eigenvalue weighted by Crippen LogP contribution is -2.39. The van der Waals surface area contributed by atoms with Gasteiger partial charge in [-0.05, 0) is 43.6 Å². The van der Waals surface area contributed by atoms with E-state index in [0.29, 0.717) is 12.1 Å². The van der Waals surface area contributed by atoms with Crippen LogP contribution in [0.15, 0.2) is 24.3 Å². The maximum Gasteiger partial charge on any atom is 0.416 e. The van der Waals surface area contributed by atoms with Gasteiger partial charge in [-0.15, -0.1) is 0 Å². The third kappa shape index (κ3) is 5.04. The Kier molecular flexibility index (Phi) is 6.27. The van der Waals surface area contributed by atoms with Crippen molar-refractivity contribution in [2.24, 2.45) is 5.92 Å². The number of alkyl halides is 3. The molecule has 2 amide bonds. The van der Waals surface area contributed by atoms with E-state index in [2.05, 4.69) is 4.90 Å². The van der Waals surface area contributed by atoms with Crippen molar-refractivity contribution in [3.63, 3.8) is 0 Å². The Balaban J connectivity index is 1.55. The number of carbonyl (C=O) groups excluding carboxylic acids is 2. The minimum Gasteiger partial charge on any atom is -0.344 e. The first-order valence-corrected chi connectivity index (χ1v) is 9.65.